The van der Waals surface area contributed by atoms with Gasteiger partial charge in [-0.2, -0.15) is 18.3 Å². The van der Waals surface area contributed by atoms with Crippen molar-refractivity contribution in [3.05, 3.63) is 18.0 Å². The summed E-state index contributed by atoms with van der Waals surface area (Å²) in [7, 11) is 0. The number of hydrogen-bond acceptors (Lipinski definition) is 1. The van der Waals surface area contributed by atoms with Gasteiger partial charge in [0.1, 0.15) is 5.41 Å². The molecule has 0 radical (unpaired) electrons. The third-order valence-electron chi connectivity index (χ3n) is 1.88. The summed E-state index contributed by atoms with van der Waals surface area (Å²) < 4.78 is 37.0. The average molecular weight is 178 g/mol. The predicted molar refractivity (Wildman–Crippen MR) is 37.7 cm³/mol. The van der Waals surface area contributed by atoms with E-state index >= 15 is 0 Å². The Labute approximate surface area is 67.8 Å². The quantitative estimate of drug-likeness (QED) is 0.701. The lowest BCUT2D eigenvalue weighted by atomic mass is 9.89. The second-order valence-electron chi connectivity index (χ2n) is 3.09. The SMILES string of the molecule is CC(C)(c1ccn[nH]1)C(F)(F)F. The lowest BCUT2D eigenvalue weighted by Gasteiger charge is -2.25. The highest BCUT2D eigenvalue weighted by Crippen LogP contribution is 2.39. The Hall–Kier alpha value is -1.00. The Balaban J connectivity index is 3.02. The van der Waals surface area contributed by atoms with Crippen molar-refractivity contribution in [1.29, 1.82) is 0 Å². The van der Waals surface area contributed by atoms with Gasteiger partial charge in [0, 0.05) is 11.9 Å². The second kappa shape index (κ2) is 2.50. The molecule has 0 saturated carbocycles. The molecule has 1 N–H and O–H groups in total. The minimum atomic E-state index is -4.25. The molecule has 2 nitrogen and oxygen atoms in total. The summed E-state index contributed by atoms with van der Waals surface area (Å²) in [6.07, 6.45) is -2.94. The molecule has 0 fully saturated rings. The van der Waals surface area contributed by atoms with Crippen molar-refractivity contribution < 1.29 is 13.2 Å². The van der Waals surface area contributed by atoms with E-state index in [2.05, 4.69) is 10.2 Å². The minimum Gasteiger partial charge on any atom is -0.282 e. The monoisotopic (exact) mass is 178 g/mol. The number of alkyl halides is 3. The minimum absolute atomic E-state index is 0.0787. The van der Waals surface area contributed by atoms with Crippen molar-refractivity contribution in [3.63, 3.8) is 0 Å². The highest BCUT2D eigenvalue weighted by molar-refractivity contribution is 5.14. The average Bonchev–Trinajstić information content (AvgIpc) is 2.34. The van der Waals surface area contributed by atoms with Gasteiger partial charge in [-0.25, -0.2) is 0 Å². The van der Waals surface area contributed by atoms with E-state index in [1.54, 1.807) is 0 Å². The van der Waals surface area contributed by atoms with Crippen LogP contribution in [-0.4, -0.2) is 16.4 Å². The molecule has 12 heavy (non-hydrogen) atoms. The Morgan fingerprint density at radius 3 is 2.25 bits per heavy atom. The summed E-state index contributed by atoms with van der Waals surface area (Å²) in [4.78, 5) is 0. The summed E-state index contributed by atoms with van der Waals surface area (Å²) in [6.45, 7) is 2.22. The molecule has 0 aromatic carbocycles. The molecule has 68 valence electrons. The van der Waals surface area contributed by atoms with E-state index in [4.69, 9.17) is 0 Å². The van der Waals surface area contributed by atoms with Gasteiger partial charge in [0.2, 0.25) is 0 Å². The first-order valence-electron chi connectivity index (χ1n) is 3.42. The van der Waals surface area contributed by atoms with Gasteiger partial charge in [-0.3, -0.25) is 5.10 Å². The Kier molecular flexibility index (Phi) is 1.89. The maximum absolute atomic E-state index is 12.3. The van der Waals surface area contributed by atoms with Gasteiger partial charge in [0.15, 0.2) is 0 Å². The summed E-state index contributed by atoms with van der Waals surface area (Å²) in [5, 5.41) is 5.79. The lowest BCUT2D eigenvalue weighted by molar-refractivity contribution is -0.181. The maximum Gasteiger partial charge on any atom is 0.399 e. The number of nitrogens with one attached hydrogen (secondary N) is 1. The first-order valence-corrected chi connectivity index (χ1v) is 3.42. The van der Waals surface area contributed by atoms with Gasteiger partial charge in [0.05, 0.1) is 0 Å². The van der Waals surface area contributed by atoms with Crippen LogP contribution in [0.1, 0.15) is 19.5 Å². The van der Waals surface area contributed by atoms with Crippen molar-refractivity contribution >= 4 is 0 Å². The highest BCUT2D eigenvalue weighted by atomic mass is 19.4. The Morgan fingerprint density at radius 2 is 1.92 bits per heavy atom. The lowest BCUT2D eigenvalue weighted by Crippen LogP contribution is -2.36. The molecule has 0 spiro atoms. The van der Waals surface area contributed by atoms with Crippen LogP contribution < -0.4 is 0 Å². The highest BCUT2D eigenvalue weighted by Gasteiger charge is 2.49. The normalized spacial score (nSPS) is 13.4. The number of aromatic nitrogens is 2. The summed E-state index contributed by atoms with van der Waals surface area (Å²) in [5.74, 6) is 0. The van der Waals surface area contributed by atoms with Crippen LogP contribution >= 0.6 is 0 Å². The maximum atomic E-state index is 12.3. The second-order valence-corrected chi connectivity index (χ2v) is 3.09. The molecule has 0 saturated heterocycles. The van der Waals surface area contributed by atoms with Gasteiger partial charge >= 0.3 is 6.18 Å². The van der Waals surface area contributed by atoms with Crippen LogP contribution in [0.2, 0.25) is 0 Å². The Bertz CT molecular complexity index is 248. The van der Waals surface area contributed by atoms with Gasteiger partial charge in [-0.1, -0.05) is 0 Å². The fraction of sp³-hybridized carbons (Fsp3) is 0.571. The van der Waals surface area contributed by atoms with Crippen LogP contribution in [0.5, 0.6) is 0 Å². The molecule has 0 atom stereocenters. The number of nitrogens with zero attached hydrogens (tertiary/aromatic N) is 1. The van der Waals surface area contributed by atoms with Gasteiger partial charge < -0.3 is 0 Å². The van der Waals surface area contributed by atoms with Crippen LogP contribution in [0, 0.1) is 0 Å². The first kappa shape index (κ1) is 9.09. The topological polar surface area (TPSA) is 28.7 Å². The zero-order chi connectivity index (χ0) is 9.41. The molecular weight excluding hydrogens is 169 g/mol. The summed E-state index contributed by atoms with van der Waals surface area (Å²) >= 11 is 0. The molecule has 5 heteroatoms. The van der Waals surface area contributed by atoms with E-state index in [0.717, 1.165) is 13.8 Å². The number of H-pyrrole nitrogens is 1. The van der Waals surface area contributed by atoms with Crippen molar-refractivity contribution in [3.8, 4) is 0 Å². The number of halogens is 3. The van der Waals surface area contributed by atoms with Crippen LogP contribution in [0.3, 0.4) is 0 Å². The standard InChI is InChI=1S/C7H9F3N2/c1-6(2,7(8,9)10)5-3-4-11-12-5/h3-4H,1-2H3,(H,11,12). The van der Waals surface area contributed by atoms with E-state index in [-0.39, 0.29) is 5.69 Å². The van der Waals surface area contributed by atoms with E-state index in [1.807, 2.05) is 0 Å². The van der Waals surface area contributed by atoms with Crippen molar-refractivity contribution in [2.75, 3.05) is 0 Å². The molecule has 0 aliphatic rings. The van der Waals surface area contributed by atoms with Crippen molar-refractivity contribution in [2.45, 2.75) is 25.4 Å². The Morgan fingerprint density at radius 1 is 1.33 bits per heavy atom. The summed E-state index contributed by atoms with van der Waals surface area (Å²) in [6, 6.07) is 1.33. The molecule has 0 bridgehead atoms. The third kappa shape index (κ3) is 1.31. The first-order chi connectivity index (χ1) is 5.36. The van der Waals surface area contributed by atoms with E-state index in [1.165, 1.54) is 12.3 Å². The van der Waals surface area contributed by atoms with Crippen LogP contribution in [0.15, 0.2) is 12.3 Å². The number of rotatable bonds is 1. The van der Waals surface area contributed by atoms with Crippen molar-refractivity contribution in [1.82, 2.24) is 10.2 Å². The van der Waals surface area contributed by atoms with E-state index in [0.29, 0.717) is 0 Å². The molecule has 1 rings (SSSR count). The third-order valence-corrected chi connectivity index (χ3v) is 1.88. The molecule has 0 amide bonds. The summed E-state index contributed by atoms with van der Waals surface area (Å²) in [5.41, 5.74) is -1.78. The molecule has 1 aromatic heterocycles. The molecular formula is C7H9F3N2. The molecule has 1 aromatic rings. The van der Waals surface area contributed by atoms with Crippen molar-refractivity contribution in [2.24, 2.45) is 0 Å². The van der Waals surface area contributed by atoms with Gasteiger partial charge in [0.25, 0.3) is 0 Å². The largest absolute Gasteiger partial charge is 0.399 e. The van der Waals surface area contributed by atoms with Gasteiger partial charge in [-0.05, 0) is 19.9 Å². The molecule has 0 aliphatic carbocycles. The number of hydrogen-bond donors (Lipinski definition) is 1. The smallest absolute Gasteiger partial charge is 0.282 e. The van der Waals surface area contributed by atoms with Crippen LogP contribution in [0.4, 0.5) is 13.2 Å². The van der Waals surface area contributed by atoms with Crippen LogP contribution in [-0.2, 0) is 5.41 Å². The zero-order valence-electron chi connectivity index (χ0n) is 6.74. The van der Waals surface area contributed by atoms with E-state index < -0.39 is 11.6 Å². The molecule has 1 heterocycles. The predicted octanol–water partition coefficient (Wildman–Crippen LogP) is 2.25. The zero-order valence-corrected chi connectivity index (χ0v) is 6.74. The van der Waals surface area contributed by atoms with Gasteiger partial charge in [-0.15, -0.1) is 0 Å². The molecule has 0 aliphatic heterocycles. The number of aromatic amines is 1. The van der Waals surface area contributed by atoms with Crippen LogP contribution in [0.25, 0.3) is 0 Å². The fourth-order valence-electron chi connectivity index (χ4n) is 0.757. The van der Waals surface area contributed by atoms with E-state index in [9.17, 15) is 13.2 Å². The fourth-order valence-corrected chi connectivity index (χ4v) is 0.757. The molecule has 0 unspecified atom stereocenters.